The third kappa shape index (κ3) is 6.47. The van der Waals surface area contributed by atoms with Gasteiger partial charge in [0.05, 0.1) is 6.61 Å². The number of ether oxygens (including phenoxy) is 1. The van der Waals surface area contributed by atoms with Gasteiger partial charge in [0, 0.05) is 25.3 Å². The lowest BCUT2D eigenvalue weighted by Gasteiger charge is -2.19. The van der Waals surface area contributed by atoms with E-state index in [1.165, 1.54) is 0 Å². The number of likely N-dealkylation sites (N-methyl/N-ethyl adjacent to an activating group) is 2. The third-order valence-corrected chi connectivity index (χ3v) is 2.76. The molecule has 1 aromatic carbocycles. The zero-order valence-corrected chi connectivity index (χ0v) is 11.7. The molecule has 0 aliphatic heterocycles. The first-order valence-corrected chi connectivity index (χ1v) is 6.39. The van der Waals surface area contributed by atoms with Gasteiger partial charge in [-0.05, 0) is 51.8 Å². The predicted octanol–water partition coefficient (Wildman–Crippen LogP) is 1.53. The molecule has 4 nitrogen and oxygen atoms in total. The summed E-state index contributed by atoms with van der Waals surface area (Å²) in [7, 11) is 6.34. The fraction of sp³-hybridized carbons (Fsp3) is 0.571. The van der Waals surface area contributed by atoms with E-state index < -0.39 is 0 Å². The molecule has 0 saturated heterocycles. The first kappa shape index (κ1) is 14.8. The maximum atomic E-state index is 5.64. The van der Waals surface area contributed by atoms with Crippen LogP contribution in [0.25, 0.3) is 0 Å². The first-order chi connectivity index (χ1) is 8.58. The Morgan fingerprint density at radius 3 is 2.28 bits per heavy atom. The van der Waals surface area contributed by atoms with Gasteiger partial charge in [0.2, 0.25) is 0 Å². The van der Waals surface area contributed by atoms with Crippen LogP contribution in [0.2, 0.25) is 0 Å². The lowest BCUT2D eigenvalue weighted by atomic mass is 10.3. The van der Waals surface area contributed by atoms with Crippen molar-refractivity contribution in [1.29, 1.82) is 0 Å². The molecule has 1 aromatic rings. The molecule has 0 atom stereocenters. The summed E-state index contributed by atoms with van der Waals surface area (Å²) in [6.07, 6.45) is 1.04. The Morgan fingerprint density at radius 2 is 1.67 bits per heavy atom. The molecular weight excluding hydrogens is 226 g/mol. The molecule has 0 radical (unpaired) electrons. The standard InChI is InChI=1S/C14H25N3O/c1-16(2)10-11-17(3)9-4-12-18-14-7-5-13(15)6-8-14/h5-8H,4,9-12,15H2,1-3H3. The van der Waals surface area contributed by atoms with E-state index in [4.69, 9.17) is 10.5 Å². The van der Waals surface area contributed by atoms with Crippen molar-refractivity contribution in [3.05, 3.63) is 24.3 Å². The molecule has 0 aromatic heterocycles. The van der Waals surface area contributed by atoms with Crippen LogP contribution < -0.4 is 10.5 Å². The van der Waals surface area contributed by atoms with Crippen LogP contribution in [-0.4, -0.2) is 57.2 Å². The molecule has 2 N–H and O–H groups in total. The monoisotopic (exact) mass is 251 g/mol. The van der Waals surface area contributed by atoms with Crippen molar-refractivity contribution < 1.29 is 4.74 Å². The zero-order chi connectivity index (χ0) is 13.4. The fourth-order valence-corrected chi connectivity index (χ4v) is 1.57. The van der Waals surface area contributed by atoms with Crippen LogP contribution in [0.15, 0.2) is 24.3 Å². The molecule has 102 valence electrons. The van der Waals surface area contributed by atoms with Crippen molar-refractivity contribution in [2.75, 3.05) is 53.1 Å². The number of anilines is 1. The summed E-state index contributed by atoms with van der Waals surface area (Å²) in [5.41, 5.74) is 6.38. The summed E-state index contributed by atoms with van der Waals surface area (Å²) in [4.78, 5) is 4.52. The Morgan fingerprint density at radius 1 is 1.00 bits per heavy atom. The molecule has 0 aliphatic carbocycles. The van der Waals surface area contributed by atoms with E-state index in [-0.39, 0.29) is 0 Å². The Labute approximate surface area is 110 Å². The van der Waals surface area contributed by atoms with Gasteiger partial charge in [0.15, 0.2) is 0 Å². The van der Waals surface area contributed by atoms with E-state index >= 15 is 0 Å². The van der Waals surface area contributed by atoms with E-state index in [9.17, 15) is 0 Å². The molecule has 0 heterocycles. The van der Waals surface area contributed by atoms with Gasteiger partial charge in [-0.25, -0.2) is 0 Å². The summed E-state index contributed by atoms with van der Waals surface area (Å²) in [6, 6.07) is 7.53. The number of benzene rings is 1. The smallest absolute Gasteiger partial charge is 0.119 e. The molecule has 4 heteroatoms. The van der Waals surface area contributed by atoms with Crippen LogP contribution in [0, 0.1) is 0 Å². The Bertz CT molecular complexity index is 324. The quantitative estimate of drug-likeness (QED) is 0.562. The topological polar surface area (TPSA) is 41.7 Å². The summed E-state index contributed by atoms with van der Waals surface area (Å²) < 4.78 is 5.64. The van der Waals surface area contributed by atoms with Crippen molar-refractivity contribution in [2.24, 2.45) is 0 Å². The van der Waals surface area contributed by atoms with Crippen LogP contribution in [0.4, 0.5) is 5.69 Å². The van der Waals surface area contributed by atoms with E-state index in [1.807, 2.05) is 24.3 Å². The molecule has 0 unspecified atom stereocenters. The van der Waals surface area contributed by atoms with Crippen LogP contribution in [0.5, 0.6) is 5.75 Å². The van der Waals surface area contributed by atoms with Crippen molar-refractivity contribution in [2.45, 2.75) is 6.42 Å². The van der Waals surface area contributed by atoms with Gasteiger partial charge in [-0.3, -0.25) is 0 Å². The molecule has 0 saturated carbocycles. The Kier molecular flexibility index (Phi) is 6.54. The largest absolute Gasteiger partial charge is 0.494 e. The highest BCUT2D eigenvalue weighted by Crippen LogP contribution is 2.13. The molecule has 0 fully saturated rings. The second-order valence-corrected chi connectivity index (χ2v) is 4.88. The van der Waals surface area contributed by atoms with Gasteiger partial charge in [0.25, 0.3) is 0 Å². The lowest BCUT2D eigenvalue weighted by molar-refractivity contribution is 0.245. The van der Waals surface area contributed by atoms with Gasteiger partial charge < -0.3 is 20.3 Å². The van der Waals surface area contributed by atoms with Crippen molar-refractivity contribution in [3.63, 3.8) is 0 Å². The van der Waals surface area contributed by atoms with Crippen LogP contribution >= 0.6 is 0 Å². The normalized spacial score (nSPS) is 11.2. The summed E-state index contributed by atoms with van der Waals surface area (Å²) in [5, 5.41) is 0. The van der Waals surface area contributed by atoms with Crippen LogP contribution in [0.3, 0.4) is 0 Å². The molecule has 18 heavy (non-hydrogen) atoms. The number of nitrogens with two attached hydrogens (primary N) is 1. The van der Waals surface area contributed by atoms with Crippen LogP contribution in [0.1, 0.15) is 6.42 Å². The molecule has 0 amide bonds. The van der Waals surface area contributed by atoms with Gasteiger partial charge in [-0.15, -0.1) is 0 Å². The van der Waals surface area contributed by atoms with E-state index in [1.54, 1.807) is 0 Å². The number of nitrogen functional groups attached to an aromatic ring is 1. The lowest BCUT2D eigenvalue weighted by Crippen LogP contribution is -2.29. The third-order valence-electron chi connectivity index (χ3n) is 2.76. The highest BCUT2D eigenvalue weighted by Gasteiger charge is 1.99. The molecule has 1 rings (SSSR count). The maximum Gasteiger partial charge on any atom is 0.119 e. The summed E-state index contributed by atoms with van der Waals surface area (Å²) in [5.74, 6) is 0.889. The van der Waals surface area contributed by atoms with Gasteiger partial charge in [0.1, 0.15) is 5.75 Å². The highest BCUT2D eigenvalue weighted by atomic mass is 16.5. The average Bonchev–Trinajstić information content (AvgIpc) is 2.34. The SMILES string of the molecule is CN(C)CCN(C)CCCOc1ccc(N)cc1. The zero-order valence-electron chi connectivity index (χ0n) is 11.7. The molecule has 0 aliphatic rings. The Balaban J connectivity index is 2.09. The van der Waals surface area contributed by atoms with Crippen molar-refractivity contribution >= 4 is 5.69 Å². The first-order valence-electron chi connectivity index (χ1n) is 6.39. The highest BCUT2D eigenvalue weighted by molar-refractivity contribution is 5.41. The maximum absolute atomic E-state index is 5.64. The average molecular weight is 251 g/mol. The van der Waals surface area contributed by atoms with Crippen molar-refractivity contribution in [3.8, 4) is 5.75 Å². The van der Waals surface area contributed by atoms with Crippen molar-refractivity contribution in [1.82, 2.24) is 9.80 Å². The van der Waals surface area contributed by atoms with Gasteiger partial charge >= 0.3 is 0 Å². The molecular formula is C14H25N3O. The number of hydrogen-bond acceptors (Lipinski definition) is 4. The van der Waals surface area contributed by atoms with E-state index in [2.05, 4.69) is 30.9 Å². The minimum absolute atomic E-state index is 0.746. The van der Waals surface area contributed by atoms with Crippen LogP contribution in [-0.2, 0) is 0 Å². The second kappa shape index (κ2) is 7.95. The number of rotatable bonds is 8. The summed E-state index contributed by atoms with van der Waals surface area (Å²) >= 11 is 0. The van der Waals surface area contributed by atoms with Gasteiger partial charge in [-0.2, -0.15) is 0 Å². The number of hydrogen-bond donors (Lipinski definition) is 1. The minimum Gasteiger partial charge on any atom is -0.494 e. The van der Waals surface area contributed by atoms with E-state index in [0.717, 1.165) is 44.1 Å². The second-order valence-electron chi connectivity index (χ2n) is 4.88. The Hall–Kier alpha value is -1.26. The molecule has 0 bridgehead atoms. The van der Waals surface area contributed by atoms with Gasteiger partial charge in [-0.1, -0.05) is 0 Å². The van der Waals surface area contributed by atoms with E-state index in [0.29, 0.717) is 0 Å². The summed E-state index contributed by atoms with van der Waals surface area (Å²) in [6.45, 7) is 3.99. The molecule has 0 spiro atoms. The minimum atomic E-state index is 0.746. The number of nitrogens with zero attached hydrogens (tertiary/aromatic N) is 2. The fourth-order valence-electron chi connectivity index (χ4n) is 1.57. The predicted molar refractivity (Wildman–Crippen MR) is 77.0 cm³/mol.